The third kappa shape index (κ3) is 3.56. The van der Waals surface area contributed by atoms with Crippen molar-refractivity contribution in [2.75, 3.05) is 6.61 Å². The van der Waals surface area contributed by atoms with Crippen LogP contribution in [0.15, 0.2) is 29.1 Å². The molecule has 1 N–H and O–H groups in total. The minimum atomic E-state index is -0.410. The van der Waals surface area contributed by atoms with Crippen molar-refractivity contribution in [3.8, 4) is 11.8 Å². The van der Waals surface area contributed by atoms with E-state index >= 15 is 0 Å². The average molecular weight is 286 g/mol. The van der Waals surface area contributed by atoms with E-state index in [2.05, 4.69) is 16.8 Å². The van der Waals surface area contributed by atoms with Crippen LogP contribution in [0.3, 0.4) is 0 Å². The van der Waals surface area contributed by atoms with Crippen LogP contribution in [-0.2, 0) is 6.54 Å². The van der Waals surface area contributed by atoms with Gasteiger partial charge in [0.25, 0.3) is 0 Å². The van der Waals surface area contributed by atoms with Gasteiger partial charge >= 0.3 is 5.69 Å². The Labute approximate surface area is 121 Å². The highest BCUT2D eigenvalue weighted by atomic mass is 19.1. The smallest absolute Gasteiger partial charge is 0.348 e. The number of hydrogen-bond acceptors (Lipinski definition) is 3. The number of aliphatic hydroxyl groups is 1. The summed E-state index contributed by atoms with van der Waals surface area (Å²) in [5.41, 5.74) is 2.24. The molecule has 0 unspecified atom stereocenters. The molecule has 5 heteroatoms. The Hall–Kier alpha value is -2.45. The highest BCUT2D eigenvalue weighted by Crippen LogP contribution is 2.12. The molecule has 0 aliphatic rings. The molecule has 0 saturated carbocycles. The predicted octanol–water partition coefficient (Wildman–Crippen LogP) is 1.39. The Morgan fingerprint density at radius 2 is 2.10 bits per heavy atom. The molecule has 0 atom stereocenters. The minimum absolute atomic E-state index is 0.258. The summed E-state index contributed by atoms with van der Waals surface area (Å²) in [6, 6.07) is 6.01. The second-order valence-electron chi connectivity index (χ2n) is 4.67. The highest BCUT2D eigenvalue weighted by Gasteiger charge is 2.08. The van der Waals surface area contributed by atoms with Crippen LogP contribution in [0.2, 0.25) is 0 Å². The number of aromatic nitrogens is 2. The number of rotatable bonds is 2. The van der Waals surface area contributed by atoms with Crippen molar-refractivity contribution in [1.29, 1.82) is 0 Å². The zero-order valence-electron chi connectivity index (χ0n) is 11.9. The standard InChI is InChI=1S/C16H15FN2O2/c1-11-8-12(2)19(16(21)18-11)10-14-5-6-15(17)9-13(14)4-3-7-20/h5-6,8-9,20H,7,10H2,1-2H3. The molecular weight excluding hydrogens is 271 g/mol. The van der Waals surface area contributed by atoms with E-state index in [0.29, 0.717) is 16.8 Å². The second-order valence-corrected chi connectivity index (χ2v) is 4.67. The van der Waals surface area contributed by atoms with Gasteiger partial charge in [-0.15, -0.1) is 0 Å². The maximum atomic E-state index is 13.3. The molecule has 0 saturated heterocycles. The Bertz CT molecular complexity index is 785. The summed E-state index contributed by atoms with van der Waals surface area (Å²) in [5, 5.41) is 8.76. The lowest BCUT2D eigenvalue weighted by Crippen LogP contribution is -2.26. The van der Waals surface area contributed by atoms with E-state index in [9.17, 15) is 9.18 Å². The Balaban J connectivity index is 2.47. The summed E-state index contributed by atoms with van der Waals surface area (Å²) in [4.78, 5) is 15.9. The maximum Gasteiger partial charge on any atom is 0.348 e. The van der Waals surface area contributed by atoms with E-state index in [0.717, 1.165) is 5.69 Å². The molecule has 0 fully saturated rings. The van der Waals surface area contributed by atoms with E-state index in [-0.39, 0.29) is 18.8 Å². The van der Waals surface area contributed by atoms with Crippen molar-refractivity contribution in [3.63, 3.8) is 0 Å². The Kier molecular flexibility index (Phi) is 4.51. The fourth-order valence-electron chi connectivity index (χ4n) is 2.07. The number of nitrogens with zero attached hydrogens (tertiary/aromatic N) is 2. The topological polar surface area (TPSA) is 55.1 Å². The number of hydrogen-bond donors (Lipinski definition) is 1. The van der Waals surface area contributed by atoms with Gasteiger partial charge in [0.1, 0.15) is 12.4 Å². The Morgan fingerprint density at radius 1 is 1.33 bits per heavy atom. The van der Waals surface area contributed by atoms with Gasteiger partial charge in [-0.25, -0.2) is 9.18 Å². The molecule has 2 rings (SSSR count). The summed E-state index contributed by atoms with van der Waals surface area (Å²) in [6.07, 6.45) is 0. The van der Waals surface area contributed by atoms with Crippen molar-refractivity contribution >= 4 is 0 Å². The third-order valence-electron chi connectivity index (χ3n) is 3.05. The van der Waals surface area contributed by atoms with Crippen LogP contribution in [0.1, 0.15) is 22.5 Å². The molecular formula is C16H15FN2O2. The van der Waals surface area contributed by atoms with Crippen LogP contribution >= 0.6 is 0 Å². The first-order chi connectivity index (χ1) is 10.0. The molecule has 0 spiro atoms. The molecule has 108 valence electrons. The van der Waals surface area contributed by atoms with Gasteiger partial charge in [0.15, 0.2) is 0 Å². The Morgan fingerprint density at radius 3 is 2.76 bits per heavy atom. The van der Waals surface area contributed by atoms with Gasteiger partial charge in [0, 0.05) is 17.0 Å². The van der Waals surface area contributed by atoms with Gasteiger partial charge in [-0.1, -0.05) is 17.9 Å². The van der Waals surface area contributed by atoms with E-state index < -0.39 is 5.82 Å². The second kappa shape index (κ2) is 6.33. The van der Waals surface area contributed by atoms with Crippen molar-refractivity contribution in [1.82, 2.24) is 9.55 Å². The summed E-state index contributed by atoms with van der Waals surface area (Å²) >= 11 is 0. The molecule has 2 aromatic rings. The van der Waals surface area contributed by atoms with E-state index in [1.54, 1.807) is 13.0 Å². The van der Waals surface area contributed by atoms with Crippen molar-refractivity contribution in [3.05, 3.63) is 63.1 Å². The van der Waals surface area contributed by atoms with Gasteiger partial charge in [0.2, 0.25) is 0 Å². The quantitative estimate of drug-likeness (QED) is 0.849. The lowest BCUT2D eigenvalue weighted by molar-refractivity contribution is 0.350. The summed E-state index contributed by atoms with van der Waals surface area (Å²) in [5.74, 6) is 4.78. The molecule has 0 aliphatic heterocycles. The van der Waals surface area contributed by atoms with Gasteiger partial charge in [0.05, 0.1) is 6.54 Å². The molecule has 0 aliphatic carbocycles. The van der Waals surface area contributed by atoms with Gasteiger partial charge in [-0.3, -0.25) is 4.57 Å². The van der Waals surface area contributed by atoms with Crippen LogP contribution in [0.5, 0.6) is 0 Å². The molecule has 0 radical (unpaired) electrons. The van der Waals surface area contributed by atoms with Gasteiger partial charge < -0.3 is 5.11 Å². The predicted molar refractivity (Wildman–Crippen MR) is 77.4 cm³/mol. The summed E-state index contributed by atoms with van der Waals surface area (Å²) in [7, 11) is 0. The van der Waals surface area contributed by atoms with Crippen LogP contribution < -0.4 is 5.69 Å². The van der Waals surface area contributed by atoms with Crippen LogP contribution in [0, 0.1) is 31.5 Å². The van der Waals surface area contributed by atoms with Crippen LogP contribution in [0.25, 0.3) is 0 Å². The van der Waals surface area contributed by atoms with E-state index in [1.807, 2.05) is 13.0 Å². The lowest BCUT2D eigenvalue weighted by atomic mass is 10.1. The largest absolute Gasteiger partial charge is 0.384 e. The van der Waals surface area contributed by atoms with Crippen LogP contribution in [-0.4, -0.2) is 21.3 Å². The zero-order valence-corrected chi connectivity index (χ0v) is 11.9. The van der Waals surface area contributed by atoms with E-state index in [4.69, 9.17) is 5.11 Å². The molecule has 1 aromatic heterocycles. The maximum absolute atomic E-state index is 13.3. The summed E-state index contributed by atoms with van der Waals surface area (Å²) < 4.78 is 14.8. The monoisotopic (exact) mass is 286 g/mol. The van der Waals surface area contributed by atoms with Gasteiger partial charge in [-0.2, -0.15) is 4.98 Å². The van der Waals surface area contributed by atoms with Gasteiger partial charge in [-0.05, 0) is 37.6 Å². The fraction of sp³-hybridized carbons (Fsp3) is 0.250. The van der Waals surface area contributed by atoms with Crippen molar-refractivity contribution < 1.29 is 9.50 Å². The number of halogens is 1. The number of aryl methyl sites for hydroxylation is 2. The first-order valence-corrected chi connectivity index (χ1v) is 6.44. The normalized spacial score (nSPS) is 10.1. The summed E-state index contributed by atoms with van der Waals surface area (Å²) in [6.45, 7) is 3.53. The van der Waals surface area contributed by atoms with Crippen LogP contribution in [0.4, 0.5) is 4.39 Å². The first kappa shape index (κ1) is 14.9. The number of benzene rings is 1. The minimum Gasteiger partial charge on any atom is -0.384 e. The first-order valence-electron chi connectivity index (χ1n) is 6.44. The molecule has 4 nitrogen and oxygen atoms in total. The van der Waals surface area contributed by atoms with Crippen molar-refractivity contribution in [2.24, 2.45) is 0 Å². The molecule has 1 aromatic carbocycles. The molecule has 0 amide bonds. The zero-order chi connectivity index (χ0) is 15.4. The van der Waals surface area contributed by atoms with E-state index in [1.165, 1.54) is 16.7 Å². The van der Waals surface area contributed by atoms with Crippen molar-refractivity contribution in [2.45, 2.75) is 20.4 Å². The third-order valence-corrected chi connectivity index (χ3v) is 3.05. The SMILES string of the molecule is Cc1cc(C)n(Cc2ccc(F)cc2C#CCO)c(=O)n1. The number of aliphatic hydroxyl groups excluding tert-OH is 1. The highest BCUT2D eigenvalue weighted by molar-refractivity contribution is 5.42. The fourth-order valence-corrected chi connectivity index (χ4v) is 2.07. The molecule has 0 bridgehead atoms. The molecule has 1 heterocycles. The average Bonchev–Trinajstić information content (AvgIpc) is 2.42. The lowest BCUT2D eigenvalue weighted by Gasteiger charge is -2.11. The molecule has 21 heavy (non-hydrogen) atoms.